The number of anilines is 1. The molecule has 0 atom stereocenters. The molecule has 0 fully saturated rings. The second kappa shape index (κ2) is 4.52. The Morgan fingerprint density at radius 3 is 2.67 bits per heavy atom. The third-order valence-electron chi connectivity index (χ3n) is 1.78. The van der Waals surface area contributed by atoms with Gasteiger partial charge in [0.1, 0.15) is 5.82 Å². The number of nitrogens with two attached hydrogens (primary N) is 1. The molecule has 4 nitrogen and oxygen atoms in total. The molecule has 0 aromatic carbocycles. The van der Waals surface area contributed by atoms with E-state index in [0.717, 1.165) is 6.07 Å². The van der Waals surface area contributed by atoms with Crippen LogP contribution in [0.15, 0.2) is 6.07 Å². The van der Waals surface area contributed by atoms with Crippen molar-refractivity contribution < 1.29 is 18.7 Å². The van der Waals surface area contributed by atoms with Gasteiger partial charge in [0.15, 0.2) is 5.69 Å². The van der Waals surface area contributed by atoms with Crippen LogP contribution in [-0.4, -0.2) is 16.1 Å². The fraction of sp³-hybridized carbons (Fsp3) is 0.250. The molecule has 0 saturated carbocycles. The number of carbonyl (C=O) groups is 1. The molecule has 82 valence electrons. The standard InChI is InChI=1S/C8H7BrF2N2O2/c9-2-4-3(6(10)11)1-5(8(14)15)13-7(4)12/h1,6H,2H2,(H2,12,13)(H,14,15). The van der Waals surface area contributed by atoms with E-state index in [-0.39, 0.29) is 16.7 Å². The van der Waals surface area contributed by atoms with Crippen LogP contribution in [0.4, 0.5) is 14.6 Å². The number of alkyl halides is 3. The van der Waals surface area contributed by atoms with Gasteiger partial charge < -0.3 is 10.8 Å². The Kier molecular flexibility index (Phi) is 3.57. The maximum Gasteiger partial charge on any atom is 0.354 e. The number of carboxylic acid groups (broad SMARTS) is 1. The van der Waals surface area contributed by atoms with Crippen LogP contribution in [0.25, 0.3) is 0 Å². The summed E-state index contributed by atoms with van der Waals surface area (Å²) in [6.07, 6.45) is -2.78. The molecule has 1 heterocycles. The predicted molar refractivity (Wildman–Crippen MR) is 53.2 cm³/mol. The van der Waals surface area contributed by atoms with Crippen LogP contribution >= 0.6 is 15.9 Å². The van der Waals surface area contributed by atoms with E-state index in [1.807, 2.05) is 0 Å². The summed E-state index contributed by atoms with van der Waals surface area (Å²) in [5.41, 5.74) is 4.61. The van der Waals surface area contributed by atoms with Crippen molar-refractivity contribution in [2.45, 2.75) is 11.8 Å². The number of aromatic nitrogens is 1. The van der Waals surface area contributed by atoms with E-state index in [9.17, 15) is 13.6 Å². The zero-order valence-electron chi connectivity index (χ0n) is 7.38. The summed E-state index contributed by atoms with van der Waals surface area (Å²) >= 11 is 2.99. The zero-order chi connectivity index (χ0) is 11.6. The minimum atomic E-state index is -2.78. The van der Waals surface area contributed by atoms with Crippen molar-refractivity contribution in [2.75, 3.05) is 5.73 Å². The minimum Gasteiger partial charge on any atom is -0.477 e. The molecule has 0 saturated heterocycles. The number of nitrogen functional groups attached to an aromatic ring is 1. The molecule has 0 aliphatic carbocycles. The molecule has 1 aromatic heterocycles. The highest BCUT2D eigenvalue weighted by Crippen LogP contribution is 2.28. The lowest BCUT2D eigenvalue weighted by atomic mass is 10.1. The lowest BCUT2D eigenvalue weighted by molar-refractivity contribution is 0.0690. The van der Waals surface area contributed by atoms with Gasteiger partial charge in [0.25, 0.3) is 6.43 Å². The van der Waals surface area contributed by atoms with Crippen LogP contribution in [0.3, 0.4) is 0 Å². The summed E-state index contributed by atoms with van der Waals surface area (Å²) in [5.74, 6) is -1.58. The Morgan fingerprint density at radius 1 is 1.67 bits per heavy atom. The summed E-state index contributed by atoms with van der Waals surface area (Å²) in [6.45, 7) is 0. The molecule has 1 aromatic rings. The van der Waals surface area contributed by atoms with Crippen molar-refractivity contribution in [3.8, 4) is 0 Å². The van der Waals surface area contributed by atoms with Crippen molar-refractivity contribution in [3.05, 3.63) is 22.9 Å². The van der Waals surface area contributed by atoms with E-state index in [1.165, 1.54) is 0 Å². The Morgan fingerprint density at radius 2 is 2.27 bits per heavy atom. The molecule has 0 aliphatic heterocycles. The highest BCUT2D eigenvalue weighted by Gasteiger charge is 2.19. The number of carboxylic acids is 1. The third-order valence-corrected chi connectivity index (χ3v) is 2.34. The third kappa shape index (κ3) is 2.41. The largest absolute Gasteiger partial charge is 0.477 e. The van der Waals surface area contributed by atoms with Crippen molar-refractivity contribution in [3.63, 3.8) is 0 Å². The number of aromatic carboxylic acids is 1. The lowest BCUT2D eigenvalue weighted by Gasteiger charge is -2.09. The van der Waals surface area contributed by atoms with Crippen molar-refractivity contribution in [2.24, 2.45) is 0 Å². The fourth-order valence-corrected chi connectivity index (χ4v) is 1.67. The first kappa shape index (κ1) is 11.8. The first-order chi connectivity index (χ1) is 6.97. The van der Waals surface area contributed by atoms with Gasteiger partial charge >= 0.3 is 5.97 Å². The average Bonchev–Trinajstić information content (AvgIpc) is 2.16. The molecular weight excluding hydrogens is 274 g/mol. The summed E-state index contributed by atoms with van der Waals surface area (Å²) in [6, 6.07) is 0.833. The SMILES string of the molecule is Nc1nc(C(=O)O)cc(C(F)F)c1CBr. The molecule has 0 aliphatic rings. The van der Waals surface area contributed by atoms with Gasteiger partial charge in [0, 0.05) is 16.5 Å². The number of pyridine rings is 1. The monoisotopic (exact) mass is 280 g/mol. The summed E-state index contributed by atoms with van der Waals surface area (Å²) in [4.78, 5) is 14.1. The average molecular weight is 281 g/mol. The van der Waals surface area contributed by atoms with Crippen LogP contribution in [0.5, 0.6) is 0 Å². The Bertz CT molecular complexity index is 398. The van der Waals surface area contributed by atoms with Gasteiger partial charge in [-0.15, -0.1) is 0 Å². The van der Waals surface area contributed by atoms with Crippen LogP contribution < -0.4 is 5.73 Å². The minimum absolute atomic E-state index is 0.103. The van der Waals surface area contributed by atoms with Crippen molar-refractivity contribution in [1.29, 1.82) is 0 Å². The smallest absolute Gasteiger partial charge is 0.354 e. The van der Waals surface area contributed by atoms with Gasteiger partial charge in [-0.05, 0) is 6.07 Å². The maximum absolute atomic E-state index is 12.5. The Labute approximate surface area is 92.2 Å². The van der Waals surface area contributed by atoms with E-state index >= 15 is 0 Å². The molecular formula is C8H7BrF2N2O2. The molecule has 7 heteroatoms. The Hall–Kier alpha value is -1.24. The van der Waals surface area contributed by atoms with Gasteiger partial charge in [-0.1, -0.05) is 15.9 Å². The Balaban J connectivity index is 3.38. The van der Waals surface area contributed by atoms with Crippen LogP contribution in [0.1, 0.15) is 28.0 Å². The number of hydrogen-bond acceptors (Lipinski definition) is 3. The summed E-state index contributed by atoms with van der Waals surface area (Å²) < 4.78 is 25.1. The molecule has 0 spiro atoms. The molecule has 3 N–H and O–H groups in total. The topological polar surface area (TPSA) is 76.2 Å². The normalized spacial score (nSPS) is 10.7. The summed E-state index contributed by atoms with van der Waals surface area (Å²) in [5, 5.41) is 8.71. The van der Waals surface area contributed by atoms with Crippen molar-refractivity contribution in [1.82, 2.24) is 4.98 Å². The lowest BCUT2D eigenvalue weighted by Crippen LogP contribution is -2.08. The van der Waals surface area contributed by atoms with Gasteiger partial charge in [-0.2, -0.15) is 0 Å². The van der Waals surface area contributed by atoms with Gasteiger partial charge in [-0.3, -0.25) is 0 Å². The van der Waals surface area contributed by atoms with Crippen LogP contribution in [0, 0.1) is 0 Å². The zero-order valence-corrected chi connectivity index (χ0v) is 8.96. The molecule has 0 radical (unpaired) electrons. The molecule has 15 heavy (non-hydrogen) atoms. The number of hydrogen-bond donors (Lipinski definition) is 2. The number of rotatable bonds is 3. The molecule has 1 rings (SSSR count). The van der Waals surface area contributed by atoms with Crippen LogP contribution in [-0.2, 0) is 5.33 Å². The second-order valence-electron chi connectivity index (χ2n) is 2.70. The number of nitrogens with zero attached hydrogens (tertiary/aromatic N) is 1. The highest BCUT2D eigenvalue weighted by atomic mass is 79.9. The highest BCUT2D eigenvalue weighted by molar-refractivity contribution is 9.08. The van der Waals surface area contributed by atoms with Gasteiger partial charge in [0.2, 0.25) is 0 Å². The molecule has 0 bridgehead atoms. The van der Waals surface area contributed by atoms with Gasteiger partial charge in [0.05, 0.1) is 0 Å². The van der Waals surface area contributed by atoms with E-state index in [4.69, 9.17) is 10.8 Å². The first-order valence-electron chi connectivity index (χ1n) is 3.84. The second-order valence-corrected chi connectivity index (χ2v) is 3.26. The van der Waals surface area contributed by atoms with Crippen LogP contribution in [0.2, 0.25) is 0 Å². The number of halogens is 3. The van der Waals surface area contributed by atoms with E-state index in [0.29, 0.717) is 0 Å². The maximum atomic E-state index is 12.5. The summed E-state index contributed by atoms with van der Waals surface area (Å²) in [7, 11) is 0. The fourth-order valence-electron chi connectivity index (χ4n) is 1.06. The predicted octanol–water partition coefficient (Wildman–Crippen LogP) is 2.19. The van der Waals surface area contributed by atoms with Gasteiger partial charge in [-0.25, -0.2) is 18.6 Å². The van der Waals surface area contributed by atoms with E-state index in [1.54, 1.807) is 0 Å². The van der Waals surface area contributed by atoms with Crippen molar-refractivity contribution >= 4 is 27.7 Å². The molecule has 0 amide bonds. The molecule has 0 unspecified atom stereocenters. The van der Waals surface area contributed by atoms with E-state index in [2.05, 4.69) is 20.9 Å². The van der Waals surface area contributed by atoms with E-state index < -0.39 is 23.7 Å². The first-order valence-corrected chi connectivity index (χ1v) is 4.96. The quantitative estimate of drug-likeness (QED) is 0.833.